The number of ether oxygens (including phenoxy) is 1. The van der Waals surface area contributed by atoms with Gasteiger partial charge in [0.15, 0.2) is 0 Å². The molecule has 0 bridgehead atoms. The lowest BCUT2D eigenvalue weighted by Gasteiger charge is -2.27. The summed E-state index contributed by atoms with van der Waals surface area (Å²) in [6, 6.07) is 0.215. The van der Waals surface area contributed by atoms with Gasteiger partial charge in [-0.15, -0.1) is 0 Å². The average molecular weight is 237 g/mol. The normalized spacial score (nSPS) is 19.2. The quantitative estimate of drug-likeness (QED) is 0.787. The Morgan fingerprint density at radius 3 is 2.76 bits per heavy atom. The first-order valence-corrected chi connectivity index (χ1v) is 6.60. The third-order valence-electron chi connectivity index (χ3n) is 3.33. The van der Waals surface area contributed by atoms with Crippen molar-refractivity contribution in [1.29, 1.82) is 0 Å². The number of hydrogen-bond donors (Lipinski definition) is 1. The molecule has 0 saturated heterocycles. The highest BCUT2D eigenvalue weighted by Gasteiger charge is 2.39. The molecule has 1 aromatic rings. The van der Waals surface area contributed by atoms with Crippen LogP contribution in [0.1, 0.15) is 38.6 Å². The van der Waals surface area contributed by atoms with Gasteiger partial charge >= 0.3 is 0 Å². The number of likely N-dealkylation sites (N-methyl/N-ethyl adjacent to an activating group) is 1. The van der Waals surface area contributed by atoms with Crippen molar-refractivity contribution in [3.05, 3.63) is 18.2 Å². The lowest BCUT2D eigenvalue weighted by molar-refractivity contribution is 0.0161. The van der Waals surface area contributed by atoms with Crippen LogP contribution in [0.25, 0.3) is 0 Å². The number of aryl methyl sites for hydroxylation is 1. The van der Waals surface area contributed by atoms with Crippen molar-refractivity contribution in [2.24, 2.45) is 13.0 Å². The predicted molar refractivity (Wildman–Crippen MR) is 67.8 cm³/mol. The van der Waals surface area contributed by atoms with E-state index in [1.54, 1.807) is 0 Å². The van der Waals surface area contributed by atoms with E-state index < -0.39 is 0 Å². The van der Waals surface area contributed by atoms with Crippen molar-refractivity contribution in [2.75, 3.05) is 13.2 Å². The SMILES string of the molecule is CCNC(c1nccn1C)C(OCC)C1CC1. The highest BCUT2D eigenvalue weighted by atomic mass is 16.5. The zero-order valence-corrected chi connectivity index (χ0v) is 11.0. The number of hydrogen-bond acceptors (Lipinski definition) is 3. The van der Waals surface area contributed by atoms with Crippen LogP contribution >= 0.6 is 0 Å². The van der Waals surface area contributed by atoms with Gasteiger partial charge in [-0.25, -0.2) is 4.98 Å². The van der Waals surface area contributed by atoms with Gasteiger partial charge in [0.1, 0.15) is 5.82 Å². The molecule has 0 aliphatic heterocycles. The summed E-state index contributed by atoms with van der Waals surface area (Å²) in [6.07, 6.45) is 6.69. The topological polar surface area (TPSA) is 39.1 Å². The molecular formula is C13H23N3O. The van der Waals surface area contributed by atoms with Crippen molar-refractivity contribution in [3.63, 3.8) is 0 Å². The van der Waals surface area contributed by atoms with Crippen LogP contribution in [-0.2, 0) is 11.8 Å². The molecule has 0 spiro atoms. The van der Waals surface area contributed by atoms with Crippen molar-refractivity contribution in [2.45, 2.75) is 38.8 Å². The molecule has 2 atom stereocenters. The number of aromatic nitrogens is 2. The molecule has 2 rings (SSSR count). The van der Waals surface area contributed by atoms with E-state index in [1.807, 2.05) is 19.4 Å². The Bertz CT molecular complexity index is 346. The van der Waals surface area contributed by atoms with E-state index in [0.717, 1.165) is 19.0 Å². The van der Waals surface area contributed by atoms with Crippen molar-refractivity contribution >= 4 is 0 Å². The van der Waals surface area contributed by atoms with Gasteiger partial charge in [-0.1, -0.05) is 6.92 Å². The largest absolute Gasteiger partial charge is 0.376 e. The maximum absolute atomic E-state index is 5.94. The number of rotatable bonds is 7. The Balaban J connectivity index is 2.17. The first kappa shape index (κ1) is 12.6. The molecule has 1 heterocycles. The van der Waals surface area contributed by atoms with Gasteiger partial charge in [-0.3, -0.25) is 0 Å². The first-order chi connectivity index (χ1) is 8.27. The van der Waals surface area contributed by atoms with E-state index in [0.29, 0.717) is 5.92 Å². The second-order valence-corrected chi connectivity index (χ2v) is 4.69. The summed E-state index contributed by atoms with van der Waals surface area (Å²) in [6.45, 7) is 5.91. The van der Waals surface area contributed by atoms with E-state index in [4.69, 9.17) is 4.74 Å². The van der Waals surface area contributed by atoms with Crippen LogP contribution in [0.3, 0.4) is 0 Å². The van der Waals surface area contributed by atoms with Crippen molar-refractivity contribution < 1.29 is 4.74 Å². The van der Waals surface area contributed by atoms with Gasteiger partial charge < -0.3 is 14.6 Å². The summed E-state index contributed by atoms with van der Waals surface area (Å²) < 4.78 is 8.03. The summed E-state index contributed by atoms with van der Waals surface area (Å²) in [7, 11) is 2.04. The van der Waals surface area contributed by atoms with Gasteiger partial charge in [0, 0.05) is 26.0 Å². The first-order valence-electron chi connectivity index (χ1n) is 6.60. The molecule has 17 heavy (non-hydrogen) atoms. The Morgan fingerprint density at radius 1 is 1.53 bits per heavy atom. The Kier molecular flexibility index (Phi) is 4.18. The fourth-order valence-electron chi connectivity index (χ4n) is 2.37. The molecule has 1 aromatic heterocycles. The summed E-state index contributed by atoms with van der Waals surface area (Å²) in [4.78, 5) is 4.47. The van der Waals surface area contributed by atoms with Gasteiger partial charge in [-0.05, 0) is 32.2 Å². The lowest BCUT2D eigenvalue weighted by Crippen LogP contribution is -2.37. The Morgan fingerprint density at radius 2 is 2.29 bits per heavy atom. The van der Waals surface area contributed by atoms with Gasteiger partial charge in [-0.2, -0.15) is 0 Å². The molecular weight excluding hydrogens is 214 g/mol. The van der Waals surface area contributed by atoms with E-state index in [1.165, 1.54) is 12.8 Å². The van der Waals surface area contributed by atoms with E-state index >= 15 is 0 Å². The Labute approximate surface area is 103 Å². The van der Waals surface area contributed by atoms with Crippen molar-refractivity contribution in [1.82, 2.24) is 14.9 Å². The van der Waals surface area contributed by atoms with Crippen LogP contribution in [-0.4, -0.2) is 28.8 Å². The highest BCUT2D eigenvalue weighted by Crippen LogP contribution is 2.39. The smallest absolute Gasteiger partial charge is 0.128 e. The molecule has 1 aliphatic rings. The number of nitrogens with one attached hydrogen (secondary N) is 1. The summed E-state index contributed by atoms with van der Waals surface area (Å²) in [5.74, 6) is 1.79. The molecule has 4 nitrogen and oxygen atoms in total. The average Bonchev–Trinajstić information content (AvgIpc) is 3.07. The molecule has 1 aliphatic carbocycles. The summed E-state index contributed by atoms with van der Waals surface area (Å²) in [5, 5.41) is 3.52. The minimum absolute atomic E-state index is 0.215. The second kappa shape index (κ2) is 5.65. The van der Waals surface area contributed by atoms with Crippen LogP contribution in [0.2, 0.25) is 0 Å². The predicted octanol–water partition coefficient (Wildman–Crippen LogP) is 1.89. The zero-order valence-electron chi connectivity index (χ0n) is 11.0. The van der Waals surface area contributed by atoms with E-state index in [9.17, 15) is 0 Å². The van der Waals surface area contributed by atoms with Gasteiger partial charge in [0.05, 0.1) is 12.1 Å². The molecule has 0 aromatic carbocycles. The maximum Gasteiger partial charge on any atom is 0.128 e. The molecule has 2 unspecified atom stereocenters. The van der Waals surface area contributed by atoms with E-state index in [2.05, 4.69) is 28.7 Å². The molecule has 1 saturated carbocycles. The van der Waals surface area contributed by atoms with Gasteiger partial charge in [0.25, 0.3) is 0 Å². The maximum atomic E-state index is 5.94. The molecule has 1 fully saturated rings. The van der Waals surface area contributed by atoms with Crippen LogP contribution < -0.4 is 5.32 Å². The van der Waals surface area contributed by atoms with Crippen LogP contribution in [0.4, 0.5) is 0 Å². The molecule has 1 N–H and O–H groups in total. The molecule has 96 valence electrons. The van der Waals surface area contributed by atoms with Gasteiger partial charge in [0.2, 0.25) is 0 Å². The van der Waals surface area contributed by atoms with E-state index in [-0.39, 0.29) is 12.1 Å². The molecule has 0 radical (unpaired) electrons. The monoisotopic (exact) mass is 237 g/mol. The third-order valence-corrected chi connectivity index (χ3v) is 3.33. The van der Waals surface area contributed by atoms with Crippen LogP contribution in [0, 0.1) is 5.92 Å². The second-order valence-electron chi connectivity index (χ2n) is 4.69. The lowest BCUT2D eigenvalue weighted by atomic mass is 10.1. The zero-order chi connectivity index (χ0) is 12.3. The fourth-order valence-corrected chi connectivity index (χ4v) is 2.37. The summed E-state index contributed by atoms with van der Waals surface area (Å²) >= 11 is 0. The number of imidazole rings is 1. The standard InChI is InChI=1S/C13H23N3O/c1-4-14-11(13-15-8-9-16(13)3)12(17-5-2)10-6-7-10/h8-12,14H,4-7H2,1-3H3. The van der Waals surface area contributed by atoms with Crippen LogP contribution in [0.15, 0.2) is 12.4 Å². The molecule has 0 amide bonds. The summed E-state index contributed by atoms with van der Waals surface area (Å²) in [5.41, 5.74) is 0. The number of nitrogens with zero attached hydrogens (tertiary/aromatic N) is 2. The molecule has 4 heteroatoms. The van der Waals surface area contributed by atoms with Crippen LogP contribution in [0.5, 0.6) is 0 Å². The fraction of sp³-hybridized carbons (Fsp3) is 0.769. The minimum Gasteiger partial charge on any atom is -0.376 e. The minimum atomic E-state index is 0.215. The van der Waals surface area contributed by atoms with Crippen molar-refractivity contribution in [3.8, 4) is 0 Å². The highest BCUT2D eigenvalue weighted by molar-refractivity contribution is 5.05. The third kappa shape index (κ3) is 2.87. The Hall–Kier alpha value is -0.870.